The highest BCUT2D eigenvalue weighted by Crippen LogP contribution is 2.29. The molecule has 0 fully saturated rings. The topological polar surface area (TPSA) is 58.6 Å². The lowest BCUT2D eigenvalue weighted by Gasteiger charge is -2.07. The summed E-state index contributed by atoms with van der Waals surface area (Å²) in [6.07, 6.45) is -4.36. The highest BCUT2D eigenvalue weighted by molar-refractivity contribution is 6.01. The second-order valence-corrected chi connectivity index (χ2v) is 2.83. The number of hydrogen-bond donors (Lipinski definition) is 2. The first-order valence-electron chi connectivity index (χ1n) is 4.07. The van der Waals surface area contributed by atoms with Gasteiger partial charge in [0.15, 0.2) is 0 Å². The Labute approximate surface area is 84.0 Å². The SMILES string of the molecule is NC/C(=N\O)c1ccc(C(F)(F)F)cc1. The predicted octanol–water partition coefficient (Wildman–Crippen LogP) is 1.84. The highest BCUT2D eigenvalue weighted by Gasteiger charge is 2.30. The molecule has 3 nitrogen and oxygen atoms in total. The van der Waals surface area contributed by atoms with E-state index in [2.05, 4.69) is 5.16 Å². The normalized spacial score (nSPS) is 12.9. The molecule has 0 aromatic heterocycles. The van der Waals surface area contributed by atoms with Crippen molar-refractivity contribution in [2.75, 3.05) is 6.54 Å². The summed E-state index contributed by atoms with van der Waals surface area (Å²) in [6.45, 7) is -0.0398. The van der Waals surface area contributed by atoms with Gasteiger partial charge in [-0.2, -0.15) is 13.2 Å². The molecule has 1 aromatic carbocycles. The maximum Gasteiger partial charge on any atom is 0.416 e. The van der Waals surface area contributed by atoms with Gasteiger partial charge in [0.05, 0.1) is 5.56 Å². The van der Waals surface area contributed by atoms with Crippen LogP contribution in [0.3, 0.4) is 0 Å². The van der Waals surface area contributed by atoms with E-state index in [0.717, 1.165) is 12.1 Å². The lowest BCUT2D eigenvalue weighted by molar-refractivity contribution is -0.137. The van der Waals surface area contributed by atoms with Crippen molar-refractivity contribution in [1.29, 1.82) is 0 Å². The summed E-state index contributed by atoms with van der Waals surface area (Å²) in [5, 5.41) is 11.4. The van der Waals surface area contributed by atoms with E-state index in [9.17, 15) is 13.2 Å². The Morgan fingerprint density at radius 3 is 2.13 bits per heavy atom. The zero-order valence-electron chi connectivity index (χ0n) is 7.62. The molecule has 82 valence electrons. The molecule has 0 aliphatic rings. The van der Waals surface area contributed by atoms with Crippen molar-refractivity contribution >= 4 is 5.71 Å². The summed E-state index contributed by atoms with van der Waals surface area (Å²) in [5.41, 5.74) is 4.99. The number of hydrogen-bond acceptors (Lipinski definition) is 3. The molecule has 0 saturated heterocycles. The van der Waals surface area contributed by atoms with Gasteiger partial charge in [0.25, 0.3) is 0 Å². The summed E-state index contributed by atoms with van der Waals surface area (Å²) in [7, 11) is 0. The standard InChI is InChI=1S/C9H9F3N2O/c10-9(11,12)7-3-1-6(2-4-7)8(5-13)14-15/h1-4,15H,5,13H2/b14-8+. The summed E-state index contributed by atoms with van der Waals surface area (Å²) < 4.78 is 36.5. The van der Waals surface area contributed by atoms with Gasteiger partial charge >= 0.3 is 6.18 Å². The monoisotopic (exact) mass is 218 g/mol. The number of nitrogens with two attached hydrogens (primary N) is 1. The fourth-order valence-electron chi connectivity index (χ4n) is 1.07. The first-order chi connectivity index (χ1) is 6.99. The van der Waals surface area contributed by atoms with E-state index < -0.39 is 11.7 Å². The number of benzene rings is 1. The van der Waals surface area contributed by atoms with Crippen molar-refractivity contribution in [3.05, 3.63) is 35.4 Å². The number of rotatable bonds is 2. The van der Waals surface area contributed by atoms with Crippen LogP contribution in [-0.4, -0.2) is 17.5 Å². The summed E-state index contributed by atoms with van der Waals surface area (Å²) in [6, 6.07) is 4.25. The van der Waals surface area contributed by atoms with Crippen molar-refractivity contribution in [2.45, 2.75) is 6.18 Å². The molecule has 6 heteroatoms. The third-order valence-corrected chi connectivity index (χ3v) is 1.86. The number of nitrogens with zero attached hydrogens (tertiary/aromatic N) is 1. The van der Waals surface area contributed by atoms with Crippen LogP contribution in [0.25, 0.3) is 0 Å². The Hall–Kier alpha value is -1.56. The fraction of sp³-hybridized carbons (Fsp3) is 0.222. The number of alkyl halides is 3. The van der Waals surface area contributed by atoms with Crippen LogP contribution in [0.5, 0.6) is 0 Å². The molecule has 0 aliphatic heterocycles. The van der Waals surface area contributed by atoms with Gasteiger partial charge in [-0.3, -0.25) is 0 Å². The Morgan fingerprint density at radius 1 is 1.27 bits per heavy atom. The van der Waals surface area contributed by atoms with E-state index in [0.29, 0.717) is 5.56 Å². The van der Waals surface area contributed by atoms with Crippen molar-refractivity contribution < 1.29 is 18.4 Å². The summed E-state index contributed by atoms with van der Waals surface area (Å²) >= 11 is 0. The molecule has 0 bridgehead atoms. The van der Waals surface area contributed by atoms with Gasteiger partial charge in [0.1, 0.15) is 5.71 Å². The maximum absolute atomic E-state index is 12.2. The predicted molar refractivity (Wildman–Crippen MR) is 48.8 cm³/mol. The highest BCUT2D eigenvalue weighted by atomic mass is 19.4. The second-order valence-electron chi connectivity index (χ2n) is 2.83. The molecule has 15 heavy (non-hydrogen) atoms. The first kappa shape index (κ1) is 11.5. The summed E-state index contributed by atoms with van der Waals surface area (Å²) in [5.74, 6) is 0. The molecule has 0 aliphatic carbocycles. The van der Waals surface area contributed by atoms with Crippen LogP contribution in [0, 0.1) is 0 Å². The average Bonchev–Trinajstić information content (AvgIpc) is 2.19. The largest absolute Gasteiger partial charge is 0.416 e. The minimum Gasteiger partial charge on any atom is -0.411 e. The third-order valence-electron chi connectivity index (χ3n) is 1.86. The third kappa shape index (κ3) is 2.69. The zero-order valence-corrected chi connectivity index (χ0v) is 7.62. The van der Waals surface area contributed by atoms with Crippen molar-refractivity contribution in [3.63, 3.8) is 0 Å². The van der Waals surface area contributed by atoms with Gasteiger partial charge in [0, 0.05) is 12.1 Å². The van der Waals surface area contributed by atoms with Gasteiger partial charge in [-0.15, -0.1) is 0 Å². The fourth-order valence-corrected chi connectivity index (χ4v) is 1.07. The van der Waals surface area contributed by atoms with Crippen molar-refractivity contribution in [1.82, 2.24) is 0 Å². The first-order valence-corrected chi connectivity index (χ1v) is 4.07. The number of oxime groups is 1. The van der Waals surface area contributed by atoms with Crippen LogP contribution in [0.4, 0.5) is 13.2 Å². The van der Waals surface area contributed by atoms with Crippen LogP contribution in [0.1, 0.15) is 11.1 Å². The quantitative estimate of drug-likeness (QED) is 0.452. The molecular weight excluding hydrogens is 209 g/mol. The molecular formula is C9H9F3N2O. The molecule has 0 radical (unpaired) electrons. The molecule has 0 heterocycles. The van der Waals surface area contributed by atoms with Crippen LogP contribution in [0.2, 0.25) is 0 Å². The van der Waals surface area contributed by atoms with Gasteiger partial charge in [-0.25, -0.2) is 0 Å². The lowest BCUT2D eigenvalue weighted by atomic mass is 10.1. The van der Waals surface area contributed by atoms with Gasteiger partial charge in [0.2, 0.25) is 0 Å². The van der Waals surface area contributed by atoms with Gasteiger partial charge in [-0.05, 0) is 12.1 Å². The van der Waals surface area contributed by atoms with Gasteiger partial charge < -0.3 is 10.9 Å². The van der Waals surface area contributed by atoms with E-state index in [4.69, 9.17) is 10.9 Å². The Bertz CT molecular complexity index is 357. The minimum absolute atomic E-state index is 0.0398. The van der Waals surface area contributed by atoms with E-state index in [-0.39, 0.29) is 12.3 Å². The van der Waals surface area contributed by atoms with Crippen molar-refractivity contribution in [3.8, 4) is 0 Å². The van der Waals surface area contributed by atoms with Crippen LogP contribution in [-0.2, 0) is 6.18 Å². The number of halogens is 3. The van der Waals surface area contributed by atoms with E-state index in [1.165, 1.54) is 12.1 Å². The van der Waals surface area contributed by atoms with Crippen LogP contribution in [0.15, 0.2) is 29.4 Å². The van der Waals surface area contributed by atoms with E-state index in [1.54, 1.807) is 0 Å². The minimum atomic E-state index is -4.36. The Balaban J connectivity index is 3.00. The molecule has 0 unspecified atom stereocenters. The Morgan fingerprint density at radius 2 is 1.80 bits per heavy atom. The second kappa shape index (κ2) is 4.31. The zero-order chi connectivity index (χ0) is 11.5. The average molecular weight is 218 g/mol. The molecule has 0 saturated carbocycles. The summed E-state index contributed by atoms with van der Waals surface area (Å²) in [4.78, 5) is 0. The van der Waals surface area contributed by atoms with Crippen LogP contribution >= 0.6 is 0 Å². The van der Waals surface area contributed by atoms with Gasteiger partial charge in [-0.1, -0.05) is 17.3 Å². The molecule has 0 atom stereocenters. The van der Waals surface area contributed by atoms with E-state index >= 15 is 0 Å². The molecule has 0 spiro atoms. The maximum atomic E-state index is 12.2. The lowest BCUT2D eigenvalue weighted by Crippen LogP contribution is -2.15. The van der Waals surface area contributed by atoms with Crippen LogP contribution < -0.4 is 5.73 Å². The van der Waals surface area contributed by atoms with E-state index in [1.807, 2.05) is 0 Å². The Kier molecular flexibility index (Phi) is 3.31. The smallest absolute Gasteiger partial charge is 0.411 e. The molecule has 1 aromatic rings. The molecule has 0 amide bonds. The van der Waals surface area contributed by atoms with Crippen molar-refractivity contribution in [2.24, 2.45) is 10.9 Å². The molecule has 3 N–H and O–H groups in total. The molecule has 1 rings (SSSR count).